The van der Waals surface area contributed by atoms with Gasteiger partial charge in [-0.15, -0.1) is 11.8 Å². The lowest BCUT2D eigenvalue weighted by molar-refractivity contribution is 0.0600. The summed E-state index contributed by atoms with van der Waals surface area (Å²) in [5, 5.41) is 3.70. The fourth-order valence-electron chi connectivity index (χ4n) is 3.44. The molecule has 0 radical (unpaired) electrons. The van der Waals surface area contributed by atoms with Crippen molar-refractivity contribution >= 4 is 29.5 Å². The molecule has 2 aromatic rings. The lowest BCUT2D eigenvalue weighted by atomic mass is 9.96. The number of rotatable bonds is 6. The SMILES string of the molecule is COC(=O)c1ccc(C(=O)NCC2CCN(C(=O)c3cccnc3SC)CC2)cc1. The van der Waals surface area contributed by atoms with Crippen LogP contribution in [0.1, 0.15) is 43.9 Å². The normalized spacial score (nSPS) is 14.3. The third-order valence-corrected chi connectivity index (χ3v) is 5.93. The standard InChI is InChI=1S/C22H25N3O4S/c1-29-22(28)17-7-5-16(6-8-17)19(26)24-14-15-9-12-25(13-10-15)21(27)18-4-3-11-23-20(18)30-2/h3-8,11,15H,9-10,12-14H2,1-2H3,(H,24,26). The second-order valence-corrected chi connectivity index (χ2v) is 7.87. The Morgan fingerprint density at radius 3 is 2.43 bits per heavy atom. The molecule has 1 fully saturated rings. The Labute approximate surface area is 180 Å². The van der Waals surface area contributed by atoms with Crippen LogP contribution in [0.25, 0.3) is 0 Å². The van der Waals surface area contributed by atoms with Crippen molar-refractivity contribution in [2.24, 2.45) is 5.92 Å². The van der Waals surface area contributed by atoms with Gasteiger partial charge in [0.15, 0.2) is 0 Å². The summed E-state index contributed by atoms with van der Waals surface area (Å²) >= 11 is 1.47. The first kappa shape index (κ1) is 21.8. The van der Waals surface area contributed by atoms with Gasteiger partial charge in [-0.3, -0.25) is 9.59 Å². The first-order valence-corrected chi connectivity index (χ1v) is 11.0. The van der Waals surface area contributed by atoms with Crippen LogP contribution in [-0.2, 0) is 4.74 Å². The van der Waals surface area contributed by atoms with E-state index in [-0.39, 0.29) is 11.8 Å². The van der Waals surface area contributed by atoms with Crippen molar-refractivity contribution in [3.63, 3.8) is 0 Å². The second-order valence-electron chi connectivity index (χ2n) is 7.07. The molecule has 30 heavy (non-hydrogen) atoms. The smallest absolute Gasteiger partial charge is 0.337 e. The highest BCUT2D eigenvalue weighted by Gasteiger charge is 2.25. The average Bonchev–Trinajstić information content (AvgIpc) is 2.82. The molecule has 3 rings (SSSR count). The van der Waals surface area contributed by atoms with Gasteiger partial charge in [-0.05, 0) is 61.4 Å². The Hall–Kier alpha value is -2.87. The van der Waals surface area contributed by atoms with Crippen LogP contribution in [0.5, 0.6) is 0 Å². The molecule has 1 saturated heterocycles. The number of likely N-dealkylation sites (tertiary alicyclic amines) is 1. The molecule has 1 aliphatic heterocycles. The zero-order valence-corrected chi connectivity index (χ0v) is 17.9. The zero-order valence-electron chi connectivity index (χ0n) is 17.1. The van der Waals surface area contributed by atoms with Gasteiger partial charge < -0.3 is 15.0 Å². The highest BCUT2D eigenvalue weighted by atomic mass is 32.2. The van der Waals surface area contributed by atoms with Crippen LogP contribution >= 0.6 is 11.8 Å². The molecule has 1 aliphatic rings. The van der Waals surface area contributed by atoms with E-state index in [9.17, 15) is 14.4 Å². The molecule has 8 heteroatoms. The predicted octanol–water partition coefficient (Wildman–Crippen LogP) is 2.87. The van der Waals surface area contributed by atoms with E-state index in [0.29, 0.717) is 42.2 Å². The number of esters is 1. The lowest BCUT2D eigenvalue weighted by Crippen LogP contribution is -2.41. The number of thioether (sulfide) groups is 1. The molecule has 2 amide bonds. The van der Waals surface area contributed by atoms with Crippen LogP contribution in [0.3, 0.4) is 0 Å². The average molecular weight is 428 g/mol. The number of piperidine rings is 1. The minimum Gasteiger partial charge on any atom is -0.465 e. The summed E-state index contributed by atoms with van der Waals surface area (Å²) in [7, 11) is 1.32. The summed E-state index contributed by atoms with van der Waals surface area (Å²) in [6.45, 7) is 1.88. The van der Waals surface area contributed by atoms with Crippen molar-refractivity contribution in [2.45, 2.75) is 17.9 Å². The number of carbonyl (C=O) groups is 3. The van der Waals surface area contributed by atoms with Crippen molar-refractivity contribution < 1.29 is 19.1 Å². The Morgan fingerprint density at radius 2 is 1.80 bits per heavy atom. The molecule has 1 aromatic carbocycles. The van der Waals surface area contributed by atoms with Crippen molar-refractivity contribution in [1.29, 1.82) is 0 Å². The van der Waals surface area contributed by atoms with Gasteiger partial charge in [0.05, 0.1) is 18.2 Å². The molecule has 0 bridgehead atoms. The molecule has 2 heterocycles. The van der Waals surface area contributed by atoms with E-state index in [0.717, 1.165) is 17.9 Å². The van der Waals surface area contributed by atoms with Crippen molar-refractivity contribution in [1.82, 2.24) is 15.2 Å². The molecule has 0 aliphatic carbocycles. The predicted molar refractivity (Wildman–Crippen MR) is 115 cm³/mol. The summed E-state index contributed by atoms with van der Waals surface area (Å²) in [4.78, 5) is 42.8. The number of nitrogens with zero attached hydrogens (tertiary/aromatic N) is 2. The Kier molecular flexibility index (Phi) is 7.46. The van der Waals surface area contributed by atoms with Crippen LogP contribution in [0.2, 0.25) is 0 Å². The monoisotopic (exact) mass is 427 g/mol. The van der Waals surface area contributed by atoms with Gasteiger partial charge >= 0.3 is 5.97 Å². The largest absolute Gasteiger partial charge is 0.465 e. The number of methoxy groups -OCH3 is 1. The molecule has 0 atom stereocenters. The zero-order chi connectivity index (χ0) is 21.5. The van der Waals surface area contributed by atoms with Gasteiger partial charge in [0.25, 0.3) is 11.8 Å². The van der Waals surface area contributed by atoms with E-state index in [1.165, 1.54) is 18.9 Å². The van der Waals surface area contributed by atoms with Gasteiger partial charge in [-0.2, -0.15) is 0 Å². The van der Waals surface area contributed by atoms with Crippen molar-refractivity contribution in [2.75, 3.05) is 33.0 Å². The number of benzene rings is 1. The van der Waals surface area contributed by atoms with Crippen LogP contribution in [-0.4, -0.2) is 60.7 Å². The summed E-state index contributed by atoms with van der Waals surface area (Å²) in [5.74, 6) is -0.272. The highest BCUT2D eigenvalue weighted by Crippen LogP contribution is 2.22. The van der Waals surface area contributed by atoms with E-state index < -0.39 is 5.97 Å². The Bertz CT molecular complexity index is 909. The van der Waals surface area contributed by atoms with Crippen molar-refractivity contribution in [3.05, 3.63) is 59.3 Å². The number of pyridine rings is 1. The summed E-state index contributed by atoms with van der Waals surface area (Å²) in [5.41, 5.74) is 1.55. The number of aromatic nitrogens is 1. The van der Waals surface area contributed by atoms with Gasteiger partial charge in [0, 0.05) is 31.4 Å². The van der Waals surface area contributed by atoms with E-state index in [4.69, 9.17) is 0 Å². The fourth-order valence-corrected chi connectivity index (χ4v) is 3.98. The molecule has 0 saturated carbocycles. The molecule has 0 unspecified atom stereocenters. The van der Waals surface area contributed by atoms with Crippen LogP contribution < -0.4 is 5.32 Å². The van der Waals surface area contributed by atoms with Crippen LogP contribution in [0.4, 0.5) is 0 Å². The fraction of sp³-hybridized carbons (Fsp3) is 0.364. The topological polar surface area (TPSA) is 88.6 Å². The number of ether oxygens (including phenoxy) is 1. The number of hydrogen-bond acceptors (Lipinski definition) is 6. The number of carbonyl (C=O) groups excluding carboxylic acids is 3. The highest BCUT2D eigenvalue weighted by molar-refractivity contribution is 7.98. The summed E-state index contributed by atoms with van der Waals surface area (Å²) < 4.78 is 4.66. The molecular formula is C22H25N3O4S. The quantitative estimate of drug-likeness (QED) is 0.563. The minimum absolute atomic E-state index is 0.0145. The Balaban J connectivity index is 1.48. The van der Waals surface area contributed by atoms with Gasteiger partial charge in [0.1, 0.15) is 5.03 Å². The van der Waals surface area contributed by atoms with E-state index >= 15 is 0 Å². The summed E-state index contributed by atoms with van der Waals surface area (Å²) in [6.07, 6.45) is 5.28. The third kappa shape index (κ3) is 5.18. The molecule has 1 aromatic heterocycles. The molecule has 158 valence electrons. The number of nitrogens with one attached hydrogen (secondary N) is 1. The lowest BCUT2D eigenvalue weighted by Gasteiger charge is -2.32. The molecule has 7 nitrogen and oxygen atoms in total. The van der Waals surface area contributed by atoms with Gasteiger partial charge in [-0.1, -0.05) is 0 Å². The minimum atomic E-state index is -0.431. The van der Waals surface area contributed by atoms with Gasteiger partial charge in [0.2, 0.25) is 0 Å². The first-order valence-electron chi connectivity index (χ1n) is 9.78. The maximum atomic E-state index is 12.8. The summed E-state index contributed by atoms with van der Waals surface area (Å²) in [6, 6.07) is 9.98. The molecular weight excluding hydrogens is 402 g/mol. The number of amides is 2. The maximum Gasteiger partial charge on any atom is 0.337 e. The van der Waals surface area contributed by atoms with Crippen molar-refractivity contribution in [3.8, 4) is 0 Å². The number of hydrogen-bond donors (Lipinski definition) is 1. The Morgan fingerprint density at radius 1 is 1.13 bits per heavy atom. The van der Waals surface area contributed by atoms with Crippen LogP contribution in [0, 0.1) is 5.92 Å². The van der Waals surface area contributed by atoms with E-state index in [1.807, 2.05) is 17.2 Å². The van der Waals surface area contributed by atoms with Gasteiger partial charge in [-0.25, -0.2) is 9.78 Å². The second kappa shape index (κ2) is 10.2. The first-order chi connectivity index (χ1) is 14.5. The maximum absolute atomic E-state index is 12.8. The molecule has 0 spiro atoms. The third-order valence-electron chi connectivity index (χ3n) is 5.22. The molecule has 1 N–H and O–H groups in total. The van der Waals surface area contributed by atoms with Crippen LogP contribution in [0.15, 0.2) is 47.6 Å². The van der Waals surface area contributed by atoms with E-state index in [2.05, 4.69) is 15.0 Å². The van der Waals surface area contributed by atoms with E-state index in [1.54, 1.807) is 36.5 Å².